The second-order valence-corrected chi connectivity index (χ2v) is 4.30. The Kier molecular flexibility index (Phi) is 3.74. The summed E-state index contributed by atoms with van der Waals surface area (Å²) in [5.41, 5.74) is 5.79. The highest BCUT2D eigenvalue weighted by Crippen LogP contribution is 2.24. The largest absolute Gasteiger partial charge is 0.271 e. The Morgan fingerprint density at radius 1 is 1.29 bits per heavy atom. The minimum atomic E-state index is -0.144. The maximum absolute atomic E-state index is 5.98. The second-order valence-electron chi connectivity index (χ2n) is 3.86. The lowest BCUT2D eigenvalue weighted by molar-refractivity contribution is 0.617. The maximum Gasteiger partial charge on any atom is 0.0884 e. The molecule has 0 radical (unpaired) electrons. The molecule has 2 rings (SSSR count). The van der Waals surface area contributed by atoms with E-state index in [9.17, 15) is 0 Å². The minimum Gasteiger partial charge on any atom is -0.271 e. The van der Waals surface area contributed by atoms with E-state index in [1.807, 2.05) is 43.3 Å². The van der Waals surface area contributed by atoms with Gasteiger partial charge in [-0.1, -0.05) is 29.8 Å². The van der Waals surface area contributed by atoms with Gasteiger partial charge >= 0.3 is 0 Å². The standard InChI is InChI=1S/C13H14ClN3/c1-9-4-3-7-16-12(9)13(17-15)10-5-2-6-11(14)8-10/h2-8,13,17H,15H2,1H3. The Labute approximate surface area is 106 Å². The number of benzene rings is 1. The Morgan fingerprint density at radius 2 is 2.12 bits per heavy atom. The number of aromatic nitrogens is 1. The first-order valence-electron chi connectivity index (χ1n) is 5.35. The third-order valence-electron chi connectivity index (χ3n) is 2.67. The van der Waals surface area contributed by atoms with Gasteiger partial charge in [-0.2, -0.15) is 0 Å². The molecule has 17 heavy (non-hydrogen) atoms. The van der Waals surface area contributed by atoms with E-state index in [0.717, 1.165) is 16.8 Å². The fourth-order valence-corrected chi connectivity index (χ4v) is 2.02. The summed E-state index contributed by atoms with van der Waals surface area (Å²) in [6, 6.07) is 11.4. The highest BCUT2D eigenvalue weighted by molar-refractivity contribution is 6.30. The van der Waals surface area contributed by atoms with Gasteiger partial charge in [-0.25, -0.2) is 5.43 Å². The van der Waals surface area contributed by atoms with Crippen LogP contribution in [0.1, 0.15) is 22.9 Å². The zero-order valence-electron chi connectivity index (χ0n) is 9.52. The van der Waals surface area contributed by atoms with Gasteiger partial charge in [0, 0.05) is 11.2 Å². The fraction of sp³-hybridized carbons (Fsp3) is 0.154. The molecule has 0 aliphatic carbocycles. The van der Waals surface area contributed by atoms with Crippen molar-refractivity contribution < 1.29 is 0 Å². The lowest BCUT2D eigenvalue weighted by Crippen LogP contribution is -2.30. The smallest absolute Gasteiger partial charge is 0.0884 e. The number of rotatable bonds is 3. The van der Waals surface area contributed by atoms with E-state index in [1.54, 1.807) is 6.20 Å². The molecule has 1 heterocycles. The predicted octanol–water partition coefficient (Wildman–Crippen LogP) is 2.60. The van der Waals surface area contributed by atoms with Crippen molar-refractivity contribution in [3.63, 3.8) is 0 Å². The van der Waals surface area contributed by atoms with Crippen molar-refractivity contribution in [2.24, 2.45) is 5.84 Å². The van der Waals surface area contributed by atoms with Gasteiger partial charge in [-0.05, 0) is 36.2 Å². The highest BCUT2D eigenvalue weighted by Gasteiger charge is 2.15. The monoisotopic (exact) mass is 247 g/mol. The molecule has 0 saturated heterocycles. The lowest BCUT2D eigenvalue weighted by atomic mass is 10.0. The molecule has 0 saturated carbocycles. The van der Waals surface area contributed by atoms with E-state index < -0.39 is 0 Å². The molecule has 1 unspecified atom stereocenters. The van der Waals surface area contributed by atoms with Gasteiger partial charge in [0.1, 0.15) is 0 Å². The van der Waals surface area contributed by atoms with Crippen LogP contribution in [0.2, 0.25) is 5.02 Å². The van der Waals surface area contributed by atoms with Crippen LogP contribution in [0.15, 0.2) is 42.6 Å². The lowest BCUT2D eigenvalue weighted by Gasteiger charge is -2.17. The van der Waals surface area contributed by atoms with Gasteiger partial charge in [0.15, 0.2) is 0 Å². The first-order valence-corrected chi connectivity index (χ1v) is 5.73. The number of hydrogen-bond acceptors (Lipinski definition) is 3. The predicted molar refractivity (Wildman–Crippen MR) is 69.6 cm³/mol. The van der Waals surface area contributed by atoms with Crippen LogP contribution >= 0.6 is 11.6 Å². The zero-order valence-corrected chi connectivity index (χ0v) is 10.3. The van der Waals surface area contributed by atoms with Crippen LogP contribution in [-0.4, -0.2) is 4.98 Å². The molecule has 4 heteroatoms. The van der Waals surface area contributed by atoms with Gasteiger partial charge in [0.05, 0.1) is 11.7 Å². The minimum absolute atomic E-state index is 0.144. The van der Waals surface area contributed by atoms with E-state index in [1.165, 1.54) is 0 Å². The quantitative estimate of drug-likeness (QED) is 0.648. The van der Waals surface area contributed by atoms with Crippen LogP contribution in [0, 0.1) is 6.92 Å². The van der Waals surface area contributed by atoms with Gasteiger partial charge in [0.25, 0.3) is 0 Å². The number of hydrogen-bond donors (Lipinski definition) is 2. The third-order valence-corrected chi connectivity index (χ3v) is 2.91. The summed E-state index contributed by atoms with van der Waals surface area (Å²) in [7, 11) is 0. The van der Waals surface area contributed by atoms with Crippen molar-refractivity contribution in [2.45, 2.75) is 13.0 Å². The molecule has 0 aliphatic heterocycles. The number of nitrogens with zero attached hydrogens (tertiary/aromatic N) is 1. The molecular formula is C13H14ClN3. The van der Waals surface area contributed by atoms with Crippen molar-refractivity contribution in [3.05, 3.63) is 64.4 Å². The van der Waals surface area contributed by atoms with Crippen molar-refractivity contribution in [1.82, 2.24) is 10.4 Å². The molecule has 0 spiro atoms. The molecule has 1 aromatic carbocycles. The summed E-state index contributed by atoms with van der Waals surface area (Å²) in [5.74, 6) is 5.62. The van der Waals surface area contributed by atoms with Gasteiger partial charge in [-0.3, -0.25) is 10.8 Å². The number of aryl methyl sites for hydroxylation is 1. The normalized spacial score (nSPS) is 12.4. The topological polar surface area (TPSA) is 50.9 Å². The summed E-state index contributed by atoms with van der Waals surface area (Å²) in [5, 5.41) is 0.691. The van der Waals surface area contributed by atoms with Crippen molar-refractivity contribution >= 4 is 11.6 Å². The van der Waals surface area contributed by atoms with Crippen LogP contribution in [0.4, 0.5) is 0 Å². The fourth-order valence-electron chi connectivity index (χ4n) is 1.82. The molecule has 1 aromatic heterocycles. The Balaban J connectivity index is 2.44. The van der Waals surface area contributed by atoms with Crippen molar-refractivity contribution in [3.8, 4) is 0 Å². The number of hydrazine groups is 1. The molecule has 0 amide bonds. The van der Waals surface area contributed by atoms with Crippen LogP contribution in [-0.2, 0) is 0 Å². The van der Waals surface area contributed by atoms with E-state index in [0.29, 0.717) is 5.02 Å². The van der Waals surface area contributed by atoms with Gasteiger partial charge in [-0.15, -0.1) is 0 Å². The Hall–Kier alpha value is -1.42. The average molecular weight is 248 g/mol. The second kappa shape index (κ2) is 5.27. The summed E-state index contributed by atoms with van der Waals surface area (Å²) >= 11 is 5.98. The SMILES string of the molecule is Cc1cccnc1C(NN)c1cccc(Cl)c1. The Morgan fingerprint density at radius 3 is 2.76 bits per heavy atom. The zero-order chi connectivity index (χ0) is 12.3. The van der Waals surface area contributed by atoms with Gasteiger partial charge < -0.3 is 0 Å². The summed E-state index contributed by atoms with van der Waals surface area (Å²) < 4.78 is 0. The van der Waals surface area contributed by atoms with Gasteiger partial charge in [0.2, 0.25) is 0 Å². The molecule has 1 atom stereocenters. The molecule has 2 aromatic rings. The summed E-state index contributed by atoms with van der Waals surface area (Å²) in [6.07, 6.45) is 1.76. The molecule has 0 bridgehead atoms. The summed E-state index contributed by atoms with van der Waals surface area (Å²) in [4.78, 5) is 4.37. The third kappa shape index (κ3) is 2.64. The van der Waals surface area contributed by atoms with Crippen molar-refractivity contribution in [2.75, 3.05) is 0 Å². The molecule has 3 nitrogen and oxygen atoms in total. The molecule has 0 fully saturated rings. The molecule has 0 aliphatic rings. The van der Waals surface area contributed by atoms with Crippen molar-refractivity contribution in [1.29, 1.82) is 0 Å². The number of halogens is 1. The molecule has 88 valence electrons. The number of nitrogens with one attached hydrogen (secondary N) is 1. The Bertz CT molecular complexity index is 514. The van der Waals surface area contributed by atoms with Crippen LogP contribution < -0.4 is 11.3 Å². The summed E-state index contributed by atoms with van der Waals surface area (Å²) in [6.45, 7) is 2.01. The first-order chi connectivity index (χ1) is 8.22. The van der Waals surface area contributed by atoms with E-state index in [-0.39, 0.29) is 6.04 Å². The molecular weight excluding hydrogens is 234 g/mol. The van der Waals surface area contributed by atoms with E-state index in [2.05, 4.69) is 10.4 Å². The maximum atomic E-state index is 5.98. The van der Waals surface area contributed by atoms with Crippen LogP contribution in [0.3, 0.4) is 0 Å². The first kappa shape index (κ1) is 12.0. The number of pyridine rings is 1. The highest BCUT2D eigenvalue weighted by atomic mass is 35.5. The van der Waals surface area contributed by atoms with Crippen LogP contribution in [0.5, 0.6) is 0 Å². The van der Waals surface area contributed by atoms with Crippen LogP contribution in [0.25, 0.3) is 0 Å². The van der Waals surface area contributed by atoms with E-state index in [4.69, 9.17) is 17.4 Å². The van der Waals surface area contributed by atoms with E-state index >= 15 is 0 Å². The number of nitrogens with two attached hydrogens (primary N) is 1. The average Bonchev–Trinajstić information content (AvgIpc) is 2.33. The molecule has 3 N–H and O–H groups in total.